The normalized spacial score (nSPS) is 32.3. The van der Waals surface area contributed by atoms with Crippen molar-refractivity contribution in [3.8, 4) is 0 Å². The van der Waals surface area contributed by atoms with Crippen LogP contribution in [0.2, 0.25) is 0 Å². The van der Waals surface area contributed by atoms with Gasteiger partial charge in [0.1, 0.15) is 0 Å². The second kappa shape index (κ2) is 5.59. The molecule has 0 radical (unpaired) electrons. The highest BCUT2D eigenvalue weighted by Gasteiger charge is 2.51. The Balaban J connectivity index is 1.30. The number of likely N-dealkylation sites (tertiary alicyclic amines) is 1. The van der Waals surface area contributed by atoms with Crippen molar-refractivity contribution in [2.45, 2.75) is 63.9 Å². The molecule has 1 aromatic rings. The average molecular weight is 327 g/mol. The standard InChI is InChI=1S/C21H29NO2/c1-15-5-3-4-6-18(15)16-7-9-21(10-8-16)13-22(14-21)19(23)17-11-20(2,24)12-17/h3-6,16-17,24H,7-14H2,1-2H3. The van der Waals surface area contributed by atoms with Crippen LogP contribution in [0.15, 0.2) is 24.3 Å². The van der Waals surface area contributed by atoms with Crippen molar-refractivity contribution >= 4 is 5.91 Å². The van der Waals surface area contributed by atoms with Gasteiger partial charge < -0.3 is 10.0 Å². The molecule has 1 amide bonds. The number of benzene rings is 1. The molecule has 3 nitrogen and oxygen atoms in total. The molecule has 2 saturated carbocycles. The lowest BCUT2D eigenvalue weighted by Gasteiger charge is -2.55. The third-order valence-corrected chi connectivity index (χ3v) is 6.76. The summed E-state index contributed by atoms with van der Waals surface area (Å²) in [4.78, 5) is 14.5. The summed E-state index contributed by atoms with van der Waals surface area (Å²) in [5.74, 6) is 1.05. The Bertz CT molecular complexity index is 627. The molecule has 2 aliphatic carbocycles. The predicted molar refractivity (Wildman–Crippen MR) is 94.7 cm³/mol. The minimum atomic E-state index is -0.603. The summed E-state index contributed by atoms with van der Waals surface area (Å²) >= 11 is 0. The van der Waals surface area contributed by atoms with Gasteiger partial charge in [-0.3, -0.25) is 4.79 Å². The maximum Gasteiger partial charge on any atom is 0.225 e. The van der Waals surface area contributed by atoms with Gasteiger partial charge in [-0.05, 0) is 69.4 Å². The minimum absolute atomic E-state index is 0.0701. The first-order chi connectivity index (χ1) is 11.4. The lowest BCUT2D eigenvalue weighted by molar-refractivity contribution is -0.163. The molecule has 1 aliphatic heterocycles. The fourth-order valence-corrected chi connectivity index (χ4v) is 5.26. The third kappa shape index (κ3) is 2.77. The first-order valence-corrected chi connectivity index (χ1v) is 9.44. The van der Waals surface area contributed by atoms with Gasteiger partial charge in [0.15, 0.2) is 0 Å². The molecule has 1 heterocycles. The lowest BCUT2D eigenvalue weighted by Crippen LogP contribution is -2.62. The summed E-state index contributed by atoms with van der Waals surface area (Å²) in [7, 11) is 0. The Morgan fingerprint density at radius 1 is 1.17 bits per heavy atom. The number of aliphatic hydroxyl groups is 1. The SMILES string of the molecule is Cc1ccccc1C1CCC2(CC1)CN(C(=O)C1CC(C)(O)C1)C2. The number of nitrogens with zero attached hydrogens (tertiary/aromatic N) is 1. The van der Waals surface area contributed by atoms with Crippen molar-refractivity contribution in [3.05, 3.63) is 35.4 Å². The zero-order chi connectivity index (χ0) is 16.9. The fourth-order valence-electron chi connectivity index (χ4n) is 5.26. The van der Waals surface area contributed by atoms with E-state index in [4.69, 9.17) is 0 Å². The molecule has 1 N–H and O–H groups in total. The van der Waals surface area contributed by atoms with Crippen LogP contribution in [-0.2, 0) is 4.79 Å². The number of rotatable bonds is 2. The Labute approximate surface area is 145 Å². The van der Waals surface area contributed by atoms with Crippen molar-refractivity contribution in [3.63, 3.8) is 0 Å². The van der Waals surface area contributed by atoms with Gasteiger partial charge in [0.25, 0.3) is 0 Å². The molecule has 0 unspecified atom stereocenters. The van der Waals surface area contributed by atoms with Gasteiger partial charge >= 0.3 is 0 Å². The van der Waals surface area contributed by atoms with E-state index in [0.717, 1.165) is 13.1 Å². The van der Waals surface area contributed by atoms with Crippen LogP contribution in [0.3, 0.4) is 0 Å². The largest absolute Gasteiger partial charge is 0.390 e. The molecule has 130 valence electrons. The van der Waals surface area contributed by atoms with Crippen LogP contribution in [0.5, 0.6) is 0 Å². The van der Waals surface area contributed by atoms with Gasteiger partial charge in [0.05, 0.1) is 5.60 Å². The Kier molecular flexibility index (Phi) is 3.76. The fraction of sp³-hybridized carbons (Fsp3) is 0.667. The zero-order valence-corrected chi connectivity index (χ0v) is 14.9. The molecule has 0 bridgehead atoms. The van der Waals surface area contributed by atoms with E-state index in [1.54, 1.807) is 0 Å². The summed E-state index contributed by atoms with van der Waals surface area (Å²) in [6.07, 6.45) is 6.29. The molecule has 3 heteroatoms. The van der Waals surface area contributed by atoms with Crippen LogP contribution in [0.4, 0.5) is 0 Å². The lowest BCUT2D eigenvalue weighted by atomic mass is 9.63. The van der Waals surface area contributed by atoms with Gasteiger partial charge in [-0.15, -0.1) is 0 Å². The van der Waals surface area contributed by atoms with Crippen LogP contribution in [-0.4, -0.2) is 34.6 Å². The van der Waals surface area contributed by atoms with E-state index in [0.29, 0.717) is 24.2 Å². The quantitative estimate of drug-likeness (QED) is 0.901. The van der Waals surface area contributed by atoms with E-state index in [-0.39, 0.29) is 11.8 Å². The van der Waals surface area contributed by atoms with Gasteiger partial charge in [-0.25, -0.2) is 0 Å². The van der Waals surface area contributed by atoms with Gasteiger partial charge in [-0.2, -0.15) is 0 Å². The third-order valence-electron chi connectivity index (χ3n) is 6.76. The molecule has 0 atom stereocenters. The van der Waals surface area contributed by atoms with Crippen LogP contribution in [0.1, 0.15) is 62.5 Å². The molecule has 1 spiro atoms. The molecule has 1 saturated heterocycles. The molecular formula is C21H29NO2. The average Bonchev–Trinajstić information content (AvgIpc) is 2.50. The second-order valence-electron chi connectivity index (χ2n) is 8.93. The summed E-state index contributed by atoms with van der Waals surface area (Å²) in [6, 6.07) is 8.79. The van der Waals surface area contributed by atoms with E-state index in [9.17, 15) is 9.90 Å². The van der Waals surface area contributed by atoms with Crippen molar-refractivity contribution < 1.29 is 9.90 Å². The first-order valence-electron chi connectivity index (χ1n) is 9.44. The van der Waals surface area contributed by atoms with Crippen LogP contribution >= 0.6 is 0 Å². The smallest absolute Gasteiger partial charge is 0.225 e. The first kappa shape index (κ1) is 16.1. The molecule has 0 aromatic heterocycles. The van der Waals surface area contributed by atoms with Crippen LogP contribution in [0.25, 0.3) is 0 Å². The minimum Gasteiger partial charge on any atom is -0.390 e. The summed E-state index contributed by atoms with van der Waals surface area (Å²) in [5.41, 5.74) is 2.73. The number of amides is 1. The Morgan fingerprint density at radius 2 is 1.79 bits per heavy atom. The second-order valence-corrected chi connectivity index (χ2v) is 8.93. The highest BCUT2D eigenvalue weighted by atomic mass is 16.3. The molecule has 1 aromatic carbocycles. The maximum absolute atomic E-state index is 12.5. The van der Waals surface area contributed by atoms with Crippen molar-refractivity contribution in [2.24, 2.45) is 11.3 Å². The molecule has 24 heavy (non-hydrogen) atoms. The number of hydrogen-bond donors (Lipinski definition) is 1. The van der Waals surface area contributed by atoms with Crippen LogP contribution < -0.4 is 0 Å². The molecule has 3 aliphatic rings. The maximum atomic E-state index is 12.5. The number of aryl methyl sites for hydroxylation is 1. The zero-order valence-electron chi connectivity index (χ0n) is 14.9. The van der Waals surface area contributed by atoms with Crippen molar-refractivity contribution in [2.75, 3.05) is 13.1 Å². The van der Waals surface area contributed by atoms with Crippen LogP contribution in [0, 0.1) is 18.3 Å². The van der Waals surface area contributed by atoms with E-state index >= 15 is 0 Å². The number of carbonyl (C=O) groups excluding carboxylic acids is 1. The van der Waals surface area contributed by atoms with E-state index in [2.05, 4.69) is 31.2 Å². The summed E-state index contributed by atoms with van der Waals surface area (Å²) in [5, 5.41) is 9.84. The summed E-state index contributed by atoms with van der Waals surface area (Å²) < 4.78 is 0. The van der Waals surface area contributed by atoms with Gasteiger partial charge in [0, 0.05) is 24.4 Å². The summed E-state index contributed by atoms with van der Waals surface area (Å²) in [6.45, 7) is 5.95. The molecule has 3 fully saturated rings. The molecular weight excluding hydrogens is 298 g/mol. The number of carbonyl (C=O) groups is 1. The van der Waals surface area contributed by atoms with Crippen molar-refractivity contribution in [1.29, 1.82) is 0 Å². The topological polar surface area (TPSA) is 40.5 Å². The highest BCUT2D eigenvalue weighted by molar-refractivity contribution is 5.81. The predicted octanol–water partition coefficient (Wildman–Crippen LogP) is 3.64. The number of hydrogen-bond acceptors (Lipinski definition) is 2. The highest BCUT2D eigenvalue weighted by Crippen LogP contribution is 2.50. The Morgan fingerprint density at radius 3 is 2.38 bits per heavy atom. The monoisotopic (exact) mass is 327 g/mol. The van der Waals surface area contributed by atoms with E-state index in [1.807, 2.05) is 11.8 Å². The van der Waals surface area contributed by atoms with Gasteiger partial charge in [-0.1, -0.05) is 24.3 Å². The van der Waals surface area contributed by atoms with Gasteiger partial charge in [0.2, 0.25) is 5.91 Å². The van der Waals surface area contributed by atoms with E-state index < -0.39 is 5.60 Å². The Hall–Kier alpha value is -1.35. The molecule has 4 rings (SSSR count). The van der Waals surface area contributed by atoms with E-state index in [1.165, 1.54) is 36.8 Å². The van der Waals surface area contributed by atoms with Crippen molar-refractivity contribution in [1.82, 2.24) is 4.90 Å².